The number of carbonyl (C=O) groups excluding carboxylic acids is 1. The van der Waals surface area contributed by atoms with Crippen molar-refractivity contribution in [2.45, 2.75) is 44.1 Å². The summed E-state index contributed by atoms with van der Waals surface area (Å²) in [5.74, 6) is 0.532. The molecule has 2 rings (SSSR count). The SMILES string of the molecule is CC1CN(C(=O)C2(C)CCCO2)CCC1Cl. The van der Waals surface area contributed by atoms with E-state index in [9.17, 15) is 4.79 Å². The first kappa shape index (κ1) is 12.2. The molecule has 3 unspecified atom stereocenters. The molecule has 2 aliphatic heterocycles. The van der Waals surface area contributed by atoms with Gasteiger partial charge in [-0.25, -0.2) is 0 Å². The Labute approximate surface area is 102 Å². The molecule has 92 valence electrons. The van der Waals surface area contributed by atoms with E-state index in [4.69, 9.17) is 16.3 Å². The Hall–Kier alpha value is -0.280. The number of rotatable bonds is 1. The summed E-state index contributed by atoms with van der Waals surface area (Å²) < 4.78 is 5.59. The second-order valence-corrected chi connectivity index (χ2v) is 5.78. The van der Waals surface area contributed by atoms with E-state index < -0.39 is 5.60 Å². The summed E-state index contributed by atoms with van der Waals surface area (Å²) in [6.45, 7) is 6.28. The minimum atomic E-state index is -0.571. The van der Waals surface area contributed by atoms with Gasteiger partial charge in [0.05, 0.1) is 0 Å². The average molecular weight is 246 g/mol. The lowest BCUT2D eigenvalue weighted by molar-refractivity contribution is -0.152. The Morgan fingerprint density at radius 2 is 2.31 bits per heavy atom. The second kappa shape index (κ2) is 4.53. The van der Waals surface area contributed by atoms with E-state index in [0.29, 0.717) is 12.5 Å². The first-order chi connectivity index (χ1) is 7.53. The van der Waals surface area contributed by atoms with Crippen LogP contribution in [-0.4, -0.2) is 41.5 Å². The van der Waals surface area contributed by atoms with Gasteiger partial charge >= 0.3 is 0 Å². The first-order valence-corrected chi connectivity index (χ1v) is 6.54. The van der Waals surface area contributed by atoms with Crippen LogP contribution in [-0.2, 0) is 9.53 Å². The molecule has 16 heavy (non-hydrogen) atoms. The number of nitrogens with zero attached hydrogens (tertiary/aromatic N) is 1. The second-order valence-electron chi connectivity index (χ2n) is 5.22. The van der Waals surface area contributed by atoms with Crippen LogP contribution in [0.15, 0.2) is 0 Å². The number of halogens is 1. The predicted octanol–water partition coefficient (Wildman–Crippen LogP) is 2.03. The largest absolute Gasteiger partial charge is 0.365 e. The zero-order valence-corrected chi connectivity index (χ0v) is 10.8. The van der Waals surface area contributed by atoms with E-state index in [1.807, 2.05) is 11.8 Å². The smallest absolute Gasteiger partial charge is 0.254 e. The fourth-order valence-corrected chi connectivity index (χ4v) is 2.76. The van der Waals surface area contributed by atoms with Crippen molar-refractivity contribution in [2.75, 3.05) is 19.7 Å². The lowest BCUT2D eigenvalue weighted by atomic mass is 9.95. The summed E-state index contributed by atoms with van der Waals surface area (Å²) in [7, 11) is 0. The molecule has 2 fully saturated rings. The zero-order chi connectivity index (χ0) is 11.8. The van der Waals surface area contributed by atoms with Crippen LogP contribution < -0.4 is 0 Å². The van der Waals surface area contributed by atoms with Crippen molar-refractivity contribution < 1.29 is 9.53 Å². The molecule has 0 N–H and O–H groups in total. The first-order valence-electron chi connectivity index (χ1n) is 6.10. The van der Waals surface area contributed by atoms with Gasteiger partial charge < -0.3 is 9.64 Å². The van der Waals surface area contributed by atoms with E-state index >= 15 is 0 Å². The molecular weight excluding hydrogens is 226 g/mol. The highest BCUT2D eigenvalue weighted by Gasteiger charge is 2.42. The van der Waals surface area contributed by atoms with Crippen molar-refractivity contribution in [1.29, 1.82) is 0 Å². The van der Waals surface area contributed by atoms with Crippen LogP contribution in [0.25, 0.3) is 0 Å². The third-order valence-corrected chi connectivity index (χ3v) is 4.41. The summed E-state index contributed by atoms with van der Waals surface area (Å²) in [6, 6.07) is 0. The highest BCUT2D eigenvalue weighted by molar-refractivity contribution is 6.20. The van der Waals surface area contributed by atoms with Crippen LogP contribution in [0.5, 0.6) is 0 Å². The quantitative estimate of drug-likeness (QED) is 0.662. The molecule has 1 amide bonds. The number of amides is 1. The molecule has 0 spiro atoms. The Kier molecular flexibility index (Phi) is 3.45. The standard InChI is InChI=1S/C12H20ClNO2/c1-9-8-14(6-4-10(9)13)11(15)12(2)5-3-7-16-12/h9-10H,3-8H2,1-2H3. The fraction of sp³-hybridized carbons (Fsp3) is 0.917. The molecule has 2 saturated heterocycles. The lowest BCUT2D eigenvalue weighted by Crippen LogP contribution is -2.51. The van der Waals surface area contributed by atoms with E-state index in [1.54, 1.807) is 0 Å². The number of carbonyl (C=O) groups is 1. The molecule has 2 aliphatic rings. The number of ether oxygens (including phenoxy) is 1. The monoisotopic (exact) mass is 245 g/mol. The Morgan fingerprint density at radius 3 is 2.88 bits per heavy atom. The molecular formula is C12H20ClNO2. The van der Waals surface area contributed by atoms with Gasteiger partial charge in [0.15, 0.2) is 0 Å². The Morgan fingerprint density at radius 1 is 1.56 bits per heavy atom. The van der Waals surface area contributed by atoms with Gasteiger partial charge in [-0.05, 0) is 32.1 Å². The molecule has 0 aliphatic carbocycles. The summed E-state index contributed by atoms with van der Waals surface area (Å²) in [5.41, 5.74) is -0.571. The van der Waals surface area contributed by atoms with Gasteiger partial charge in [0, 0.05) is 25.1 Å². The number of piperidine rings is 1. The molecule has 3 atom stereocenters. The molecule has 0 bridgehead atoms. The number of alkyl halides is 1. The van der Waals surface area contributed by atoms with Gasteiger partial charge in [0.1, 0.15) is 5.60 Å². The van der Waals surface area contributed by atoms with Crippen molar-refractivity contribution in [1.82, 2.24) is 4.90 Å². The minimum absolute atomic E-state index is 0.153. The molecule has 0 radical (unpaired) electrons. The van der Waals surface area contributed by atoms with Crippen molar-refractivity contribution >= 4 is 17.5 Å². The van der Waals surface area contributed by atoms with Gasteiger partial charge in [-0.2, -0.15) is 0 Å². The van der Waals surface area contributed by atoms with Crippen LogP contribution in [0.1, 0.15) is 33.1 Å². The Balaban J connectivity index is 2.00. The maximum absolute atomic E-state index is 12.3. The third-order valence-electron chi connectivity index (χ3n) is 3.76. The van der Waals surface area contributed by atoms with Crippen LogP contribution in [0.2, 0.25) is 0 Å². The predicted molar refractivity (Wildman–Crippen MR) is 63.6 cm³/mol. The highest BCUT2D eigenvalue weighted by Crippen LogP contribution is 2.30. The van der Waals surface area contributed by atoms with Crippen LogP contribution in [0, 0.1) is 5.92 Å². The van der Waals surface area contributed by atoms with Crippen LogP contribution >= 0.6 is 11.6 Å². The summed E-state index contributed by atoms with van der Waals surface area (Å²) in [5, 5.41) is 0.210. The van der Waals surface area contributed by atoms with Crippen molar-refractivity contribution in [2.24, 2.45) is 5.92 Å². The maximum atomic E-state index is 12.3. The van der Waals surface area contributed by atoms with Gasteiger partial charge in [-0.1, -0.05) is 6.92 Å². The number of hydrogen-bond acceptors (Lipinski definition) is 2. The Bertz CT molecular complexity index is 276. The molecule has 3 nitrogen and oxygen atoms in total. The minimum Gasteiger partial charge on any atom is -0.365 e. The normalized spacial score (nSPS) is 40.1. The van der Waals surface area contributed by atoms with Crippen LogP contribution in [0.3, 0.4) is 0 Å². The maximum Gasteiger partial charge on any atom is 0.254 e. The van der Waals surface area contributed by atoms with Crippen molar-refractivity contribution in [3.05, 3.63) is 0 Å². The number of likely N-dealkylation sites (tertiary alicyclic amines) is 1. The zero-order valence-electron chi connectivity index (χ0n) is 10.0. The number of hydrogen-bond donors (Lipinski definition) is 0. The molecule has 0 saturated carbocycles. The van der Waals surface area contributed by atoms with Crippen molar-refractivity contribution in [3.8, 4) is 0 Å². The lowest BCUT2D eigenvalue weighted by Gasteiger charge is -2.38. The van der Waals surface area contributed by atoms with E-state index in [-0.39, 0.29) is 11.3 Å². The average Bonchev–Trinajstić information content (AvgIpc) is 2.70. The van der Waals surface area contributed by atoms with Gasteiger partial charge in [0.25, 0.3) is 5.91 Å². The van der Waals surface area contributed by atoms with Crippen LogP contribution in [0.4, 0.5) is 0 Å². The topological polar surface area (TPSA) is 29.5 Å². The molecule has 2 heterocycles. The summed E-state index contributed by atoms with van der Waals surface area (Å²) in [4.78, 5) is 14.3. The summed E-state index contributed by atoms with van der Waals surface area (Å²) in [6.07, 6.45) is 2.73. The van der Waals surface area contributed by atoms with E-state index in [1.165, 1.54) is 0 Å². The highest BCUT2D eigenvalue weighted by atomic mass is 35.5. The fourth-order valence-electron chi connectivity index (χ4n) is 2.58. The molecule has 4 heteroatoms. The summed E-state index contributed by atoms with van der Waals surface area (Å²) >= 11 is 6.16. The third kappa shape index (κ3) is 2.21. The van der Waals surface area contributed by atoms with E-state index in [2.05, 4.69) is 6.92 Å². The van der Waals surface area contributed by atoms with E-state index in [0.717, 1.165) is 32.4 Å². The molecule has 0 aromatic carbocycles. The molecule has 0 aromatic heterocycles. The van der Waals surface area contributed by atoms with Gasteiger partial charge in [-0.3, -0.25) is 4.79 Å². The van der Waals surface area contributed by atoms with Gasteiger partial charge in [0.2, 0.25) is 0 Å². The van der Waals surface area contributed by atoms with Gasteiger partial charge in [-0.15, -0.1) is 11.6 Å². The van der Waals surface area contributed by atoms with Crippen molar-refractivity contribution in [3.63, 3.8) is 0 Å². The molecule has 0 aromatic rings.